The number of halogens is 1. The lowest BCUT2D eigenvalue weighted by molar-refractivity contribution is -0.136. The van der Waals surface area contributed by atoms with Crippen LogP contribution < -0.4 is 15.4 Å². The summed E-state index contributed by atoms with van der Waals surface area (Å²) in [7, 11) is 0. The Kier molecular flexibility index (Phi) is 7.55. The van der Waals surface area contributed by atoms with Gasteiger partial charge in [-0.25, -0.2) is 4.79 Å². The van der Waals surface area contributed by atoms with E-state index in [-0.39, 0.29) is 26.1 Å². The van der Waals surface area contributed by atoms with Crippen LogP contribution in [0.2, 0.25) is 0 Å². The van der Waals surface area contributed by atoms with Crippen LogP contribution in [0.25, 0.3) is 0 Å². The summed E-state index contributed by atoms with van der Waals surface area (Å²) in [5.74, 6) is -0.389. The summed E-state index contributed by atoms with van der Waals surface area (Å²) in [6, 6.07) is 6.69. The monoisotopic (exact) mass is 360 g/mol. The number of aliphatic hydroxyl groups is 1. The Labute approximate surface area is 130 Å². The van der Waals surface area contributed by atoms with E-state index in [0.29, 0.717) is 5.75 Å². The third-order valence-electron chi connectivity index (χ3n) is 2.39. The fourth-order valence-corrected chi connectivity index (χ4v) is 1.76. The molecule has 0 aliphatic carbocycles. The van der Waals surface area contributed by atoms with E-state index in [4.69, 9.17) is 9.84 Å². The maximum absolute atomic E-state index is 11.3. The summed E-state index contributed by atoms with van der Waals surface area (Å²) in [6.45, 7) is 0.0616. The maximum atomic E-state index is 11.3. The highest BCUT2D eigenvalue weighted by Crippen LogP contribution is 2.23. The van der Waals surface area contributed by atoms with Crippen molar-refractivity contribution in [2.75, 3.05) is 19.7 Å². The highest BCUT2D eigenvalue weighted by atomic mass is 79.9. The summed E-state index contributed by atoms with van der Waals surface area (Å²) >= 11 is 3.31. The number of amides is 2. The summed E-state index contributed by atoms with van der Waals surface area (Å²) in [4.78, 5) is 21.5. The van der Waals surface area contributed by atoms with Crippen LogP contribution in [0.5, 0.6) is 5.75 Å². The number of carboxylic acid groups (broad SMARTS) is 1. The molecule has 0 spiro atoms. The van der Waals surface area contributed by atoms with Crippen molar-refractivity contribution in [3.05, 3.63) is 28.7 Å². The molecule has 0 bridgehead atoms. The quantitative estimate of drug-likeness (QED) is 0.552. The zero-order valence-electron chi connectivity index (χ0n) is 11.2. The molecule has 0 aliphatic heterocycles. The third-order valence-corrected chi connectivity index (χ3v) is 3.05. The molecule has 1 unspecified atom stereocenters. The predicted octanol–water partition coefficient (Wildman–Crippen LogP) is 0.963. The van der Waals surface area contributed by atoms with Crippen LogP contribution in [0.3, 0.4) is 0 Å². The van der Waals surface area contributed by atoms with Gasteiger partial charge in [0, 0.05) is 13.1 Å². The average molecular weight is 361 g/mol. The van der Waals surface area contributed by atoms with Gasteiger partial charge in [0.25, 0.3) is 0 Å². The van der Waals surface area contributed by atoms with E-state index in [9.17, 15) is 14.7 Å². The largest absolute Gasteiger partial charge is 0.490 e. The molecular weight excluding hydrogens is 344 g/mol. The smallest absolute Gasteiger partial charge is 0.314 e. The van der Waals surface area contributed by atoms with Crippen molar-refractivity contribution in [3.63, 3.8) is 0 Å². The van der Waals surface area contributed by atoms with Gasteiger partial charge in [-0.2, -0.15) is 0 Å². The zero-order valence-corrected chi connectivity index (χ0v) is 12.8. The Hall–Kier alpha value is -1.80. The van der Waals surface area contributed by atoms with Crippen LogP contribution in [-0.4, -0.2) is 48.0 Å². The minimum absolute atomic E-state index is 0.00333. The standard InChI is InChI=1S/C13H17BrN2O5/c14-10-3-1-2-4-11(10)21-8-9(17)7-16-13(20)15-6-5-12(18)19/h1-4,9,17H,5-8H2,(H,18,19)(H2,15,16,20). The molecule has 4 N–H and O–H groups in total. The van der Waals surface area contributed by atoms with Gasteiger partial charge in [0.2, 0.25) is 0 Å². The summed E-state index contributed by atoms with van der Waals surface area (Å²) in [5.41, 5.74) is 0. The number of urea groups is 1. The first-order valence-corrected chi connectivity index (χ1v) is 7.07. The molecule has 1 rings (SSSR count). The van der Waals surface area contributed by atoms with Gasteiger partial charge in [-0.1, -0.05) is 12.1 Å². The van der Waals surface area contributed by atoms with Crippen LogP contribution in [-0.2, 0) is 4.79 Å². The molecule has 0 heterocycles. The van der Waals surface area contributed by atoms with Gasteiger partial charge < -0.3 is 25.6 Å². The molecule has 0 saturated heterocycles. The van der Waals surface area contributed by atoms with E-state index in [1.807, 2.05) is 12.1 Å². The number of carbonyl (C=O) groups excluding carboxylic acids is 1. The topological polar surface area (TPSA) is 108 Å². The Balaban J connectivity index is 2.19. The normalized spacial score (nSPS) is 11.5. The first-order chi connectivity index (χ1) is 9.99. The van der Waals surface area contributed by atoms with Gasteiger partial charge in [-0.15, -0.1) is 0 Å². The number of ether oxygens (including phenoxy) is 1. The van der Waals surface area contributed by atoms with E-state index in [2.05, 4.69) is 26.6 Å². The first kappa shape index (κ1) is 17.3. The average Bonchev–Trinajstić information content (AvgIpc) is 2.44. The number of carboxylic acids is 1. The van der Waals surface area contributed by atoms with Crippen molar-refractivity contribution < 1.29 is 24.5 Å². The fraction of sp³-hybridized carbons (Fsp3) is 0.385. The molecule has 7 nitrogen and oxygen atoms in total. The lowest BCUT2D eigenvalue weighted by Crippen LogP contribution is -2.41. The highest BCUT2D eigenvalue weighted by Gasteiger charge is 2.09. The van der Waals surface area contributed by atoms with Gasteiger partial charge in [0.1, 0.15) is 18.5 Å². The Morgan fingerprint density at radius 2 is 2.00 bits per heavy atom. The van der Waals surface area contributed by atoms with Crippen molar-refractivity contribution in [1.29, 1.82) is 0 Å². The molecule has 0 saturated carbocycles. The van der Waals surface area contributed by atoms with Crippen molar-refractivity contribution in [1.82, 2.24) is 10.6 Å². The number of hydrogen-bond donors (Lipinski definition) is 4. The second kappa shape index (κ2) is 9.19. The maximum Gasteiger partial charge on any atom is 0.314 e. The predicted molar refractivity (Wildman–Crippen MR) is 79.3 cm³/mol. The molecule has 0 aliphatic rings. The first-order valence-electron chi connectivity index (χ1n) is 6.28. The van der Waals surface area contributed by atoms with E-state index in [0.717, 1.165) is 4.47 Å². The number of benzene rings is 1. The number of nitrogens with one attached hydrogen (secondary N) is 2. The number of rotatable bonds is 8. The van der Waals surface area contributed by atoms with Crippen LogP contribution in [0.15, 0.2) is 28.7 Å². The lowest BCUT2D eigenvalue weighted by atomic mass is 10.3. The van der Waals surface area contributed by atoms with Gasteiger partial charge >= 0.3 is 12.0 Å². The van der Waals surface area contributed by atoms with Crippen LogP contribution in [0, 0.1) is 0 Å². The molecular formula is C13H17BrN2O5. The molecule has 8 heteroatoms. The van der Waals surface area contributed by atoms with E-state index in [1.165, 1.54) is 0 Å². The number of hydrogen-bond acceptors (Lipinski definition) is 4. The molecule has 21 heavy (non-hydrogen) atoms. The number of aliphatic carboxylic acids is 1. The Bertz CT molecular complexity index is 483. The lowest BCUT2D eigenvalue weighted by Gasteiger charge is -2.14. The van der Waals surface area contributed by atoms with E-state index in [1.54, 1.807) is 12.1 Å². The van der Waals surface area contributed by atoms with E-state index < -0.39 is 18.1 Å². The second-order valence-corrected chi connectivity index (χ2v) is 5.03. The second-order valence-electron chi connectivity index (χ2n) is 4.18. The number of carbonyl (C=O) groups is 2. The minimum atomic E-state index is -0.989. The SMILES string of the molecule is O=C(O)CCNC(=O)NCC(O)COc1ccccc1Br. The number of aliphatic hydroxyl groups excluding tert-OH is 1. The van der Waals surface area contributed by atoms with Crippen LogP contribution >= 0.6 is 15.9 Å². The van der Waals surface area contributed by atoms with E-state index >= 15 is 0 Å². The summed E-state index contributed by atoms with van der Waals surface area (Å²) in [6.07, 6.45) is -1.02. The van der Waals surface area contributed by atoms with Gasteiger partial charge in [-0.3, -0.25) is 4.79 Å². The summed E-state index contributed by atoms with van der Waals surface area (Å²) in [5, 5.41) is 22.9. The van der Waals surface area contributed by atoms with Crippen molar-refractivity contribution in [2.45, 2.75) is 12.5 Å². The molecule has 2 amide bonds. The van der Waals surface area contributed by atoms with Crippen LogP contribution in [0.1, 0.15) is 6.42 Å². The molecule has 1 atom stereocenters. The van der Waals surface area contributed by atoms with Gasteiger partial charge in [0.05, 0.1) is 10.9 Å². The van der Waals surface area contributed by atoms with Gasteiger partial charge in [-0.05, 0) is 28.1 Å². The molecule has 0 radical (unpaired) electrons. The van der Waals surface area contributed by atoms with Crippen LogP contribution in [0.4, 0.5) is 4.79 Å². The molecule has 1 aromatic carbocycles. The highest BCUT2D eigenvalue weighted by molar-refractivity contribution is 9.10. The Morgan fingerprint density at radius 1 is 1.29 bits per heavy atom. The molecule has 0 fully saturated rings. The van der Waals surface area contributed by atoms with Gasteiger partial charge in [0.15, 0.2) is 0 Å². The summed E-state index contributed by atoms with van der Waals surface area (Å²) < 4.78 is 6.17. The zero-order chi connectivity index (χ0) is 15.7. The number of para-hydroxylation sites is 1. The molecule has 0 aromatic heterocycles. The molecule has 116 valence electrons. The van der Waals surface area contributed by atoms with Crippen molar-refractivity contribution in [2.24, 2.45) is 0 Å². The Morgan fingerprint density at radius 3 is 2.67 bits per heavy atom. The van der Waals surface area contributed by atoms with Crippen molar-refractivity contribution >= 4 is 27.9 Å². The molecule has 1 aromatic rings. The third kappa shape index (κ3) is 7.52. The van der Waals surface area contributed by atoms with Crippen molar-refractivity contribution in [3.8, 4) is 5.75 Å². The fourth-order valence-electron chi connectivity index (χ4n) is 1.36. The minimum Gasteiger partial charge on any atom is -0.490 e.